The number of rotatable bonds is 12. The van der Waals surface area contributed by atoms with Gasteiger partial charge in [-0.15, -0.1) is 0 Å². The Morgan fingerprint density at radius 3 is 0.614 bits per heavy atom. The minimum absolute atomic E-state index is 0.625. The van der Waals surface area contributed by atoms with Crippen molar-refractivity contribution in [2.24, 2.45) is 0 Å². The molecule has 0 saturated carbocycles. The maximum absolute atomic E-state index is 5.01. The van der Waals surface area contributed by atoms with E-state index in [1.54, 1.807) is 0 Å². The van der Waals surface area contributed by atoms with Gasteiger partial charge in [0.15, 0.2) is 17.5 Å². The Balaban J connectivity index is 1.15. The van der Waals surface area contributed by atoms with Gasteiger partial charge in [0.25, 0.3) is 0 Å². The van der Waals surface area contributed by atoms with Gasteiger partial charge in [-0.25, -0.2) is 15.0 Å². The highest BCUT2D eigenvalue weighted by Gasteiger charge is 2.13. The fraction of sp³-hybridized carbons (Fsp3) is 0.118. The standard InChI is InChI=1S/C51H48N6/c1-55(2)46-31-19-40(20-32-46)10-7-37-13-25-43(26-14-37)49-52-50(44-27-15-38(16-28-44)8-11-41-21-33-47(34-22-41)56(3)4)54-51(53-49)45-29-17-39(18-30-45)9-12-42-23-35-48(36-24-42)57(5)6/h7-36H,1-6H3/b10-7+,11-8+,12-9+. The molecule has 0 aliphatic rings. The summed E-state index contributed by atoms with van der Waals surface area (Å²) in [6.45, 7) is 0. The van der Waals surface area contributed by atoms with Crippen molar-refractivity contribution in [1.82, 2.24) is 15.0 Å². The Kier molecular flexibility index (Phi) is 11.8. The first-order valence-electron chi connectivity index (χ1n) is 19.1. The van der Waals surface area contributed by atoms with Crippen LogP contribution in [-0.4, -0.2) is 57.2 Å². The molecule has 282 valence electrons. The van der Waals surface area contributed by atoms with Gasteiger partial charge < -0.3 is 14.7 Å². The van der Waals surface area contributed by atoms with Crippen LogP contribution >= 0.6 is 0 Å². The third-order valence-electron chi connectivity index (χ3n) is 9.78. The number of benzene rings is 6. The van der Waals surface area contributed by atoms with Gasteiger partial charge in [0.1, 0.15) is 0 Å². The fourth-order valence-electron chi connectivity index (χ4n) is 6.22. The Morgan fingerprint density at radius 1 is 0.263 bits per heavy atom. The summed E-state index contributed by atoms with van der Waals surface area (Å²) >= 11 is 0. The van der Waals surface area contributed by atoms with Crippen molar-refractivity contribution in [3.63, 3.8) is 0 Å². The molecular formula is C51H48N6. The molecule has 7 rings (SSSR count). The summed E-state index contributed by atoms with van der Waals surface area (Å²) in [5.41, 5.74) is 13.0. The summed E-state index contributed by atoms with van der Waals surface area (Å²) in [6, 6.07) is 50.7. The average molecular weight is 745 g/mol. The molecule has 0 radical (unpaired) electrons. The fourth-order valence-corrected chi connectivity index (χ4v) is 6.22. The highest BCUT2D eigenvalue weighted by atomic mass is 15.1. The highest BCUT2D eigenvalue weighted by Crippen LogP contribution is 2.27. The normalized spacial score (nSPS) is 11.5. The molecule has 6 heteroatoms. The van der Waals surface area contributed by atoms with E-state index < -0.39 is 0 Å². The molecule has 7 aromatic rings. The van der Waals surface area contributed by atoms with E-state index in [-0.39, 0.29) is 0 Å². The van der Waals surface area contributed by atoms with E-state index >= 15 is 0 Å². The first kappa shape index (κ1) is 38.2. The monoisotopic (exact) mass is 744 g/mol. The van der Waals surface area contributed by atoms with Crippen molar-refractivity contribution in [2.75, 3.05) is 57.0 Å². The zero-order valence-electron chi connectivity index (χ0n) is 33.5. The first-order chi connectivity index (χ1) is 27.7. The van der Waals surface area contributed by atoms with Crippen LogP contribution in [0.25, 0.3) is 70.6 Å². The van der Waals surface area contributed by atoms with Gasteiger partial charge in [-0.05, 0) is 69.8 Å². The summed E-state index contributed by atoms with van der Waals surface area (Å²) in [7, 11) is 12.3. The number of nitrogens with zero attached hydrogens (tertiary/aromatic N) is 6. The first-order valence-corrected chi connectivity index (χ1v) is 19.1. The van der Waals surface area contributed by atoms with Crippen molar-refractivity contribution in [3.8, 4) is 34.2 Å². The molecule has 1 aromatic heterocycles. The second-order valence-electron chi connectivity index (χ2n) is 14.6. The van der Waals surface area contributed by atoms with Crippen LogP contribution in [0.4, 0.5) is 17.1 Å². The van der Waals surface area contributed by atoms with E-state index in [4.69, 9.17) is 15.0 Å². The molecule has 0 aliphatic carbocycles. The molecule has 0 fully saturated rings. The minimum atomic E-state index is 0.625. The minimum Gasteiger partial charge on any atom is -0.378 e. The van der Waals surface area contributed by atoms with Crippen LogP contribution in [0.3, 0.4) is 0 Å². The van der Waals surface area contributed by atoms with Crippen molar-refractivity contribution in [1.29, 1.82) is 0 Å². The predicted octanol–water partition coefficient (Wildman–Crippen LogP) is 11.6. The van der Waals surface area contributed by atoms with Gasteiger partial charge in [0.2, 0.25) is 0 Å². The van der Waals surface area contributed by atoms with Gasteiger partial charge in [-0.1, -0.05) is 146 Å². The lowest BCUT2D eigenvalue weighted by atomic mass is 10.1. The summed E-state index contributed by atoms with van der Waals surface area (Å²) in [5, 5.41) is 0. The van der Waals surface area contributed by atoms with Crippen LogP contribution in [-0.2, 0) is 0 Å². The zero-order chi connectivity index (χ0) is 39.7. The van der Waals surface area contributed by atoms with Crippen LogP contribution in [0.2, 0.25) is 0 Å². The predicted molar refractivity (Wildman–Crippen MR) is 245 cm³/mol. The molecule has 1 heterocycles. The summed E-state index contributed by atoms with van der Waals surface area (Å²) in [5.74, 6) is 1.88. The lowest BCUT2D eigenvalue weighted by Crippen LogP contribution is -2.07. The third-order valence-corrected chi connectivity index (χ3v) is 9.78. The Labute approximate surface area is 337 Å². The number of anilines is 3. The van der Waals surface area contributed by atoms with Gasteiger partial charge in [-0.3, -0.25) is 0 Å². The Hall–Kier alpha value is -7.05. The van der Waals surface area contributed by atoms with E-state index in [9.17, 15) is 0 Å². The van der Waals surface area contributed by atoms with Crippen molar-refractivity contribution in [3.05, 3.63) is 179 Å². The van der Waals surface area contributed by atoms with Crippen LogP contribution in [0.5, 0.6) is 0 Å². The largest absolute Gasteiger partial charge is 0.378 e. The van der Waals surface area contributed by atoms with E-state index in [0.717, 1.165) is 50.1 Å². The molecule has 6 nitrogen and oxygen atoms in total. The topological polar surface area (TPSA) is 48.4 Å². The van der Waals surface area contributed by atoms with Crippen molar-refractivity contribution < 1.29 is 0 Å². The van der Waals surface area contributed by atoms with E-state index in [2.05, 4.69) is 239 Å². The molecule has 57 heavy (non-hydrogen) atoms. The molecular weight excluding hydrogens is 697 g/mol. The van der Waals surface area contributed by atoms with Gasteiger partial charge in [-0.2, -0.15) is 0 Å². The lowest BCUT2D eigenvalue weighted by molar-refractivity contribution is 1.07. The SMILES string of the molecule is CN(C)c1ccc(/C=C/c2ccc(-c3nc(-c4ccc(/C=C/c5ccc(N(C)C)cc5)cc4)nc(-c4ccc(/C=C/c5ccc(N(C)C)cc5)cc4)n3)cc2)cc1. The van der Waals surface area contributed by atoms with Crippen LogP contribution in [0.15, 0.2) is 146 Å². The molecule has 0 bridgehead atoms. The number of hydrogen-bond acceptors (Lipinski definition) is 6. The second-order valence-corrected chi connectivity index (χ2v) is 14.6. The summed E-state index contributed by atoms with van der Waals surface area (Å²) < 4.78 is 0. The Morgan fingerprint density at radius 2 is 0.439 bits per heavy atom. The second kappa shape index (κ2) is 17.6. The third kappa shape index (κ3) is 9.99. The maximum Gasteiger partial charge on any atom is 0.164 e. The van der Waals surface area contributed by atoms with Crippen LogP contribution in [0, 0.1) is 0 Å². The quantitative estimate of drug-likeness (QED) is 0.116. The highest BCUT2D eigenvalue weighted by molar-refractivity contribution is 5.76. The summed E-state index contributed by atoms with van der Waals surface area (Å²) in [4.78, 5) is 21.3. The molecule has 0 aliphatic heterocycles. The van der Waals surface area contributed by atoms with Crippen molar-refractivity contribution in [2.45, 2.75) is 0 Å². The molecule has 6 aromatic carbocycles. The molecule has 0 saturated heterocycles. The maximum atomic E-state index is 5.01. The Bertz CT molecular complexity index is 2180. The van der Waals surface area contributed by atoms with Crippen LogP contribution < -0.4 is 14.7 Å². The van der Waals surface area contributed by atoms with Gasteiger partial charge >= 0.3 is 0 Å². The number of hydrogen-bond donors (Lipinski definition) is 0. The molecule has 0 spiro atoms. The van der Waals surface area contributed by atoms with E-state index in [0.29, 0.717) is 17.5 Å². The van der Waals surface area contributed by atoms with Crippen molar-refractivity contribution >= 4 is 53.5 Å². The lowest BCUT2D eigenvalue weighted by Gasteiger charge is -2.11. The zero-order valence-corrected chi connectivity index (χ0v) is 33.5. The summed E-state index contributed by atoms with van der Waals surface area (Å²) in [6.07, 6.45) is 12.8. The van der Waals surface area contributed by atoms with Crippen LogP contribution in [0.1, 0.15) is 33.4 Å². The van der Waals surface area contributed by atoms with E-state index in [1.165, 1.54) is 17.1 Å². The number of aromatic nitrogens is 3. The van der Waals surface area contributed by atoms with Gasteiger partial charge in [0.05, 0.1) is 0 Å². The molecule has 0 atom stereocenters. The molecule has 0 amide bonds. The van der Waals surface area contributed by atoms with Gasteiger partial charge in [0, 0.05) is 76.0 Å². The molecule has 0 unspecified atom stereocenters. The average Bonchev–Trinajstić information content (AvgIpc) is 3.25. The van der Waals surface area contributed by atoms with E-state index in [1.807, 2.05) is 0 Å². The smallest absolute Gasteiger partial charge is 0.164 e. The molecule has 0 N–H and O–H groups in total.